The topological polar surface area (TPSA) is 58.1 Å². The third kappa shape index (κ3) is 6.29. The summed E-state index contributed by atoms with van der Waals surface area (Å²) in [4.78, 5) is 7.42. The number of rotatable bonds is 8. The standard InChI is InChI=1S/C21H34N4O2S/c1-3-22-21(23-15-19-5-4-14-28-19)24-16-20(25-10-12-27-13-11-25)17-6-8-18(26-2)9-7-17/h6-9,19-20H,3-5,10-16H2,1-2H3,(H2,22,23,24). The molecule has 2 saturated heterocycles. The van der Waals surface area contributed by atoms with Gasteiger partial charge in [0.15, 0.2) is 5.96 Å². The van der Waals surface area contributed by atoms with Crippen molar-refractivity contribution < 1.29 is 9.47 Å². The Morgan fingerprint density at radius 1 is 1.29 bits per heavy atom. The summed E-state index contributed by atoms with van der Waals surface area (Å²) in [7, 11) is 1.70. The molecular weight excluding hydrogens is 372 g/mol. The van der Waals surface area contributed by atoms with E-state index in [1.165, 1.54) is 24.2 Å². The molecular formula is C21H34N4O2S. The van der Waals surface area contributed by atoms with Crippen molar-refractivity contribution in [2.24, 2.45) is 4.99 Å². The molecule has 2 N–H and O–H groups in total. The smallest absolute Gasteiger partial charge is 0.191 e. The number of hydrogen-bond acceptors (Lipinski definition) is 5. The molecule has 0 radical (unpaired) electrons. The van der Waals surface area contributed by atoms with Gasteiger partial charge in [-0.1, -0.05) is 12.1 Å². The summed E-state index contributed by atoms with van der Waals surface area (Å²) in [6.07, 6.45) is 2.64. The van der Waals surface area contributed by atoms with Crippen LogP contribution < -0.4 is 15.4 Å². The second kappa shape index (κ2) is 11.5. The molecule has 2 heterocycles. The second-order valence-corrected chi connectivity index (χ2v) is 8.58. The maximum Gasteiger partial charge on any atom is 0.191 e. The summed E-state index contributed by atoms with van der Waals surface area (Å²) < 4.78 is 10.9. The van der Waals surface area contributed by atoms with E-state index in [0.717, 1.165) is 57.6 Å². The molecule has 2 atom stereocenters. The minimum absolute atomic E-state index is 0.242. The van der Waals surface area contributed by atoms with Crippen LogP contribution in [0.3, 0.4) is 0 Å². The Bertz CT molecular complexity index is 599. The lowest BCUT2D eigenvalue weighted by Crippen LogP contribution is -2.42. The molecule has 0 aromatic heterocycles. The lowest BCUT2D eigenvalue weighted by molar-refractivity contribution is 0.0179. The van der Waals surface area contributed by atoms with E-state index in [-0.39, 0.29) is 6.04 Å². The van der Waals surface area contributed by atoms with Gasteiger partial charge in [0, 0.05) is 31.4 Å². The van der Waals surface area contributed by atoms with E-state index in [1.54, 1.807) is 7.11 Å². The number of nitrogens with one attached hydrogen (secondary N) is 2. The van der Waals surface area contributed by atoms with Gasteiger partial charge in [-0.05, 0) is 43.2 Å². The predicted molar refractivity (Wildman–Crippen MR) is 118 cm³/mol. The molecule has 28 heavy (non-hydrogen) atoms. The van der Waals surface area contributed by atoms with Gasteiger partial charge in [-0.3, -0.25) is 9.89 Å². The Kier molecular flexibility index (Phi) is 8.76. The van der Waals surface area contributed by atoms with Crippen LogP contribution in [0.5, 0.6) is 5.75 Å². The summed E-state index contributed by atoms with van der Waals surface area (Å²) in [5.41, 5.74) is 1.27. The monoisotopic (exact) mass is 406 g/mol. The van der Waals surface area contributed by atoms with E-state index in [0.29, 0.717) is 5.25 Å². The van der Waals surface area contributed by atoms with Gasteiger partial charge < -0.3 is 20.1 Å². The zero-order chi connectivity index (χ0) is 19.6. The summed E-state index contributed by atoms with van der Waals surface area (Å²) in [5, 5.41) is 7.66. The van der Waals surface area contributed by atoms with E-state index >= 15 is 0 Å². The van der Waals surface area contributed by atoms with Gasteiger partial charge in [0.25, 0.3) is 0 Å². The van der Waals surface area contributed by atoms with Crippen molar-refractivity contribution >= 4 is 17.7 Å². The maximum atomic E-state index is 5.56. The second-order valence-electron chi connectivity index (χ2n) is 7.17. The highest BCUT2D eigenvalue weighted by Gasteiger charge is 2.23. The Morgan fingerprint density at radius 3 is 2.71 bits per heavy atom. The number of morpholine rings is 1. The molecule has 1 aromatic rings. The lowest BCUT2D eigenvalue weighted by Gasteiger charge is -2.34. The molecule has 0 amide bonds. The Balaban J connectivity index is 1.68. The molecule has 156 valence electrons. The van der Waals surface area contributed by atoms with Crippen LogP contribution in [0.1, 0.15) is 31.4 Å². The van der Waals surface area contributed by atoms with Crippen LogP contribution in [0.2, 0.25) is 0 Å². The van der Waals surface area contributed by atoms with Crippen molar-refractivity contribution in [1.82, 2.24) is 15.5 Å². The van der Waals surface area contributed by atoms with Crippen molar-refractivity contribution in [3.63, 3.8) is 0 Å². The highest BCUT2D eigenvalue weighted by molar-refractivity contribution is 8.00. The normalized spacial score (nSPS) is 22.1. The number of nitrogens with zero attached hydrogens (tertiary/aromatic N) is 2. The third-order valence-electron chi connectivity index (χ3n) is 5.27. The number of methoxy groups -OCH3 is 1. The zero-order valence-electron chi connectivity index (χ0n) is 17.2. The summed E-state index contributed by atoms with van der Waals surface area (Å²) in [6, 6.07) is 8.63. The van der Waals surface area contributed by atoms with Crippen LogP contribution >= 0.6 is 11.8 Å². The highest BCUT2D eigenvalue weighted by Crippen LogP contribution is 2.26. The highest BCUT2D eigenvalue weighted by atomic mass is 32.2. The van der Waals surface area contributed by atoms with Crippen LogP contribution in [0.25, 0.3) is 0 Å². The van der Waals surface area contributed by atoms with Crippen LogP contribution in [-0.4, -0.2) is 74.9 Å². The Hall–Kier alpha value is -1.44. The maximum absolute atomic E-state index is 5.56. The van der Waals surface area contributed by atoms with E-state index < -0.39 is 0 Å². The molecule has 6 nitrogen and oxygen atoms in total. The molecule has 2 aliphatic rings. The number of aliphatic imine (C=N–C) groups is 1. The minimum atomic E-state index is 0.242. The SMILES string of the molecule is CCNC(=NCC(c1ccc(OC)cc1)N1CCOCC1)NCC1CCCS1. The van der Waals surface area contributed by atoms with Crippen LogP contribution in [-0.2, 0) is 4.74 Å². The first-order valence-corrected chi connectivity index (χ1v) is 11.4. The quantitative estimate of drug-likeness (QED) is 0.511. The molecule has 0 aliphatic carbocycles. The first kappa shape index (κ1) is 21.3. The fourth-order valence-electron chi connectivity index (χ4n) is 3.68. The van der Waals surface area contributed by atoms with Crippen molar-refractivity contribution in [3.8, 4) is 5.75 Å². The number of hydrogen-bond donors (Lipinski definition) is 2. The van der Waals surface area contributed by atoms with Gasteiger partial charge in [0.1, 0.15) is 5.75 Å². The number of guanidine groups is 1. The number of thioether (sulfide) groups is 1. The van der Waals surface area contributed by atoms with Gasteiger partial charge in [-0.2, -0.15) is 11.8 Å². The largest absolute Gasteiger partial charge is 0.497 e. The van der Waals surface area contributed by atoms with Gasteiger partial charge >= 0.3 is 0 Å². The molecule has 2 fully saturated rings. The third-order valence-corrected chi connectivity index (χ3v) is 6.67. The molecule has 7 heteroatoms. The Labute approximate surface area is 173 Å². The van der Waals surface area contributed by atoms with E-state index in [1.807, 2.05) is 12.1 Å². The molecule has 0 saturated carbocycles. The average molecular weight is 407 g/mol. The van der Waals surface area contributed by atoms with E-state index in [4.69, 9.17) is 14.5 Å². The van der Waals surface area contributed by atoms with Crippen LogP contribution in [0.4, 0.5) is 0 Å². The van der Waals surface area contributed by atoms with Gasteiger partial charge in [0.05, 0.1) is 32.9 Å². The van der Waals surface area contributed by atoms with Crippen molar-refractivity contribution in [2.75, 3.05) is 58.8 Å². The minimum Gasteiger partial charge on any atom is -0.497 e. The van der Waals surface area contributed by atoms with Gasteiger partial charge in [-0.15, -0.1) is 0 Å². The van der Waals surface area contributed by atoms with Crippen LogP contribution in [0.15, 0.2) is 29.3 Å². The van der Waals surface area contributed by atoms with E-state index in [2.05, 4.69) is 46.4 Å². The zero-order valence-corrected chi connectivity index (χ0v) is 18.0. The summed E-state index contributed by atoms with van der Waals surface area (Å²) >= 11 is 2.07. The fourth-order valence-corrected chi connectivity index (χ4v) is 4.88. The molecule has 0 bridgehead atoms. The first-order chi connectivity index (χ1) is 13.8. The van der Waals surface area contributed by atoms with Gasteiger partial charge in [0.2, 0.25) is 0 Å². The van der Waals surface area contributed by atoms with Crippen molar-refractivity contribution in [3.05, 3.63) is 29.8 Å². The molecule has 2 aliphatic heterocycles. The summed E-state index contributed by atoms with van der Waals surface area (Å²) in [5.74, 6) is 3.09. The van der Waals surface area contributed by atoms with E-state index in [9.17, 15) is 0 Å². The Morgan fingerprint density at radius 2 is 2.07 bits per heavy atom. The predicted octanol–water partition coefficient (Wildman–Crippen LogP) is 2.52. The summed E-state index contributed by atoms with van der Waals surface area (Å²) in [6.45, 7) is 8.14. The lowest BCUT2D eigenvalue weighted by atomic mass is 10.0. The molecule has 3 rings (SSSR count). The fraction of sp³-hybridized carbons (Fsp3) is 0.667. The van der Waals surface area contributed by atoms with Gasteiger partial charge in [-0.25, -0.2) is 0 Å². The molecule has 2 unspecified atom stereocenters. The van der Waals surface area contributed by atoms with Crippen molar-refractivity contribution in [2.45, 2.75) is 31.1 Å². The van der Waals surface area contributed by atoms with Crippen molar-refractivity contribution in [1.29, 1.82) is 0 Å². The average Bonchev–Trinajstić information content (AvgIpc) is 3.27. The van der Waals surface area contributed by atoms with Crippen LogP contribution in [0, 0.1) is 0 Å². The number of benzene rings is 1. The first-order valence-electron chi connectivity index (χ1n) is 10.4. The molecule has 1 aromatic carbocycles. The molecule has 0 spiro atoms. The number of ether oxygens (including phenoxy) is 2.